The normalized spacial score (nSPS) is 16.6. The molecule has 4 rings (SSSR count). The van der Waals surface area contributed by atoms with Crippen LogP contribution in [0.15, 0.2) is 78.6 Å². The third-order valence-corrected chi connectivity index (χ3v) is 5.37. The third-order valence-electron chi connectivity index (χ3n) is 5.12. The van der Waals surface area contributed by atoms with Crippen LogP contribution in [0.1, 0.15) is 28.3 Å². The van der Waals surface area contributed by atoms with Crippen molar-refractivity contribution in [3.05, 3.63) is 112 Å². The molecule has 0 saturated carbocycles. The van der Waals surface area contributed by atoms with Crippen LogP contribution in [0.3, 0.4) is 0 Å². The molecule has 1 unspecified atom stereocenters. The van der Waals surface area contributed by atoms with Gasteiger partial charge in [-0.25, -0.2) is 4.39 Å². The number of carbonyl (C=O) groups is 1. The molecule has 0 fully saturated rings. The molecule has 1 atom stereocenters. The lowest BCUT2D eigenvalue weighted by molar-refractivity contribution is -0.130. The molecule has 0 aromatic heterocycles. The van der Waals surface area contributed by atoms with Gasteiger partial charge in [0.15, 0.2) is 5.76 Å². The Morgan fingerprint density at radius 2 is 1.59 bits per heavy atom. The number of hydrogen-bond acceptors (Lipinski definition) is 2. The van der Waals surface area contributed by atoms with E-state index in [0.29, 0.717) is 10.6 Å². The Hall–Kier alpha value is -3.11. The Kier molecular flexibility index (Phi) is 5.12. The summed E-state index contributed by atoms with van der Waals surface area (Å²) in [7, 11) is 0. The van der Waals surface area contributed by atoms with Crippen molar-refractivity contribution in [2.45, 2.75) is 19.5 Å². The second kappa shape index (κ2) is 7.72. The van der Waals surface area contributed by atoms with Crippen molar-refractivity contribution < 1.29 is 14.3 Å². The highest BCUT2D eigenvalue weighted by molar-refractivity contribution is 6.30. The van der Waals surface area contributed by atoms with Gasteiger partial charge in [0.1, 0.15) is 5.82 Å². The van der Waals surface area contributed by atoms with Crippen LogP contribution >= 0.6 is 11.6 Å². The number of aliphatic hydroxyl groups is 1. The molecule has 5 heteroatoms. The van der Waals surface area contributed by atoms with Gasteiger partial charge in [0, 0.05) is 17.1 Å². The van der Waals surface area contributed by atoms with Crippen molar-refractivity contribution in [3.63, 3.8) is 0 Å². The van der Waals surface area contributed by atoms with Crippen LogP contribution in [0.2, 0.25) is 5.02 Å². The molecule has 1 heterocycles. The van der Waals surface area contributed by atoms with Gasteiger partial charge in [-0.3, -0.25) is 4.79 Å². The fourth-order valence-electron chi connectivity index (χ4n) is 3.62. The molecule has 3 aromatic rings. The van der Waals surface area contributed by atoms with Gasteiger partial charge < -0.3 is 10.0 Å². The van der Waals surface area contributed by atoms with Crippen LogP contribution in [0.5, 0.6) is 0 Å². The number of carbonyl (C=O) groups excluding carboxylic acids is 1. The van der Waals surface area contributed by atoms with Crippen LogP contribution in [-0.2, 0) is 11.3 Å². The molecule has 3 aromatic carbocycles. The van der Waals surface area contributed by atoms with E-state index < -0.39 is 11.9 Å². The zero-order chi connectivity index (χ0) is 20.5. The lowest BCUT2D eigenvalue weighted by Gasteiger charge is -2.27. The number of amides is 1. The molecule has 1 N–H and O–H groups in total. The van der Waals surface area contributed by atoms with Gasteiger partial charge >= 0.3 is 0 Å². The molecule has 0 bridgehead atoms. The highest BCUT2D eigenvalue weighted by Crippen LogP contribution is 2.43. The SMILES string of the molecule is Cc1ccc(C2=C(O)C(=O)N(Cc3ccc(Cl)cc3)C2c2ccc(F)cc2)cc1. The van der Waals surface area contributed by atoms with Gasteiger partial charge in [-0.2, -0.15) is 0 Å². The maximum atomic E-state index is 13.5. The van der Waals surface area contributed by atoms with Gasteiger partial charge in [0.25, 0.3) is 5.91 Å². The Morgan fingerprint density at radius 1 is 0.966 bits per heavy atom. The highest BCUT2D eigenvalue weighted by atomic mass is 35.5. The zero-order valence-electron chi connectivity index (χ0n) is 15.8. The number of nitrogens with zero attached hydrogens (tertiary/aromatic N) is 1. The average molecular weight is 408 g/mol. The minimum absolute atomic E-state index is 0.280. The van der Waals surface area contributed by atoms with Crippen molar-refractivity contribution in [3.8, 4) is 0 Å². The minimum Gasteiger partial charge on any atom is -0.503 e. The van der Waals surface area contributed by atoms with E-state index in [1.165, 1.54) is 12.1 Å². The molecule has 0 saturated heterocycles. The summed E-state index contributed by atoms with van der Waals surface area (Å²) in [6.07, 6.45) is 0. The van der Waals surface area contributed by atoms with Crippen LogP contribution in [0.25, 0.3) is 5.57 Å². The first-order chi connectivity index (χ1) is 13.9. The molecule has 29 heavy (non-hydrogen) atoms. The molecule has 3 nitrogen and oxygen atoms in total. The molecule has 1 aliphatic heterocycles. The summed E-state index contributed by atoms with van der Waals surface area (Å²) < 4.78 is 13.5. The number of rotatable bonds is 4. The predicted octanol–water partition coefficient (Wildman–Crippen LogP) is 5.84. The Labute approximate surface area is 173 Å². The van der Waals surface area contributed by atoms with Crippen molar-refractivity contribution >= 4 is 23.1 Å². The summed E-state index contributed by atoms with van der Waals surface area (Å²) in [5.41, 5.74) is 3.97. The van der Waals surface area contributed by atoms with Crippen molar-refractivity contribution in [1.82, 2.24) is 4.90 Å². The van der Waals surface area contributed by atoms with Gasteiger partial charge in [-0.15, -0.1) is 0 Å². The summed E-state index contributed by atoms with van der Waals surface area (Å²) in [6, 6.07) is 20.4. The summed E-state index contributed by atoms with van der Waals surface area (Å²) in [4.78, 5) is 14.6. The van der Waals surface area contributed by atoms with Crippen LogP contribution in [0.4, 0.5) is 4.39 Å². The first-order valence-electron chi connectivity index (χ1n) is 9.25. The minimum atomic E-state index is -0.526. The number of hydrogen-bond donors (Lipinski definition) is 1. The molecule has 0 aliphatic carbocycles. The highest BCUT2D eigenvalue weighted by Gasteiger charge is 2.40. The molecule has 0 spiro atoms. The average Bonchev–Trinajstić information content (AvgIpc) is 2.96. The second-order valence-electron chi connectivity index (χ2n) is 7.14. The predicted molar refractivity (Wildman–Crippen MR) is 112 cm³/mol. The topological polar surface area (TPSA) is 40.5 Å². The van der Waals surface area contributed by atoms with Crippen molar-refractivity contribution in [2.75, 3.05) is 0 Å². The van der Waals surface area contributed by atoms with Crippen LogP contribution < -0.4 is 0 Å². The fourth-order valence-corrected chi connectivity index (χ4v) is 3.75. The van der Waals surface area contributed by atoms with Crippen molar-refractivity contribution in [1.29, 1.82) is 0 Å². The van der Waals surface area contributed by atoms with Crippen LogP contribution in [0, 0.1) is 12.7 Å². The molecule has 146 valence electrons. The van der Waals surface area contributed by atoms with Gasteiger partial charge in [-0.1, -0.05) is 65.7 Å². The summed E-state index contributed by atoms with van der Waals surface area (Å²) in [6.45, 7) is 2.26. The smallest absolute Gasteiger partial charge is 0.290 e. The quantitative estimate of drug-likeness (QED) is 0.590. The van der Waals surface area contributed by atoms with Crippen molar-refractivity contribution in [2.24, 2.45) is 0 Å². The van der Waals surface area contributed by atoms with E-state index in [0.717, 1.165) is 22.3 Å². The van der Waals surface area contributed by atoms with E-state index in [-0.39, 0.29) is 18.1 Å². The first kappa shape index (κ1) is 19.2. The maximum Gasteiger partial charge on any atom is 0.290 e. The molecule has 1 amide bonds. The summed E-state index contributed by atoms with van der Waals surface area (Å²) in [5, 5.41) is 11.4. The number of aliphatic hydroxyl groups excluding tert-OH is 1. The lowest BCUT2D eigenvalue weighted by Crippen LogP contribution is -2.29. The van der Waals surface area contributed by atoms with Gasteiger partial charge in [-0.05, 0) is 47.9 Å². The largest absolute Gasteiger partial charge is 0.503 e. The first-order valence-corrected chi connectivity index (χ1v) is 9.63. The maximum absolute atomic E-state index is 13.5. The molecular weight excluding hydrogens is 389 g/mol. The lowest BCUT2D eigenvalue weighted by atomic mass is 9.93. The second-order valence-corrected chi connectivity index (χ2v) is 7.58. The standard InChI is InChI=1S/C24H19ClFNO2/c1-15-2-6-17(7-3-15)21-22(18-8-12-20(26)13-9-18)27(24(29)23(21)28)14-16-4-10-19(25)11-5-16/h2-13,22,28H,14H2,1H3. The van der Waals surface area contributed by atoms with E-state index in [2.05, 4.69) is 0 Å². The van der Waals surface area contributed by atoms with E-state index in [1.54, 1.807) is 29.2 Å². The fraction of sp³-hybridized carbons (Fsp3) is 0.125. The number of aryl methyl sites for hydroxylation is 1. The van der Waals surface area contributed by atoms with E-state index >= 15 is 0 Å². The Bertz CT molecular complexity index is 1070. The third kappa shape index (κ3) is 3.76. The zero-order valence-corrected chi connectivity index (χ0v) is 16.5. The van der Waals surface area contributed by atoms with Gasteiger partial charge in [0.05, 0.1) is 6.04 Å². The van der Waals surface area contributed by atoms with Crippen LogP contribution in [-0.4, -0.2) is 15.9 Å². The Morgan fingerprint density at radius 3 is 2.21 bits per heavy atom. The van der Waals surface area contributed by atoms with E-state index in [4.69, 9.17) is 11.6 Å². The molecular formula is C24H19ClFNO2. The number of halogens is 2. The van der Waals surface area contributed by atoms with E-state index in [9.17, 15) is 14.3 Å². The monoisotopic (exact) mass is 407 g/mol. The molecule has 1 aliphatic rings. The summed E-state index contributed by atoms with van der Waals surface area (Å²) >= 11 is 5.97. The van der Waals surface area contributed by atoms with Gasteiger partial charge in [0.2, 0.25) is 0 Å². The summed E-state index contributed by atoms with van der Waals surface area (Å²) in [5.74, 6) is -1.09. The molecule has 0 radical (unpaired) electrons. The Balaban J connectivity index is 1.80. The van der Waals surface area contributed by atoms with E-state index in [1.807, 2.05) is 43.3 Å². The number of benzene rings is 3.